The molecule has 3 N–H and O–H groups in total. The third-order valence-electron chi connectivity index (χ3n) is 2.34. The van der Waals surface area contributed by atoms with Gasteiger partial charge in [0.05, 0.1) is 11.4 Å². The lowest BCUT2D eigenvalue weighted by Crippen LogP contribution is -2.45. The summed E-state index contributed by atoms with van der Waals surface area (Å²) in [6.45, 7) is 6.11. The lowest BCUT2D eigenvalue weighted by molar-refractivity contribution is -0.121. The van der Waals surface area contributed by atoms with Gasteiger partial charge in [0.1, 0.15) is 0 Å². The molecular formula is C9H18N2OS. The van der Waals surface area contributed by atoms with E-state index in [1.807, 2.05) is 20.8 Å². The molecule has 0 bridgehead atoms. The van der Waals surface area contributed by atoms with Gasteiger partial charge in [-0.05, 0) is 19.8 Å². The monoisotopic (exact) mass is 202 g/mol. The number of rotatable bonds is 5. The van der Waals surface area contributed by atoms with Crippen LogP contribution < -0.4 is 11.1 Å². The smallest absolute Gasteiger partial charge is 0.227 e. The van der Waals surface area contributed by atoms with Gasteiger partial charge in [0.15, 0.2) is 0 Å². The summed E-state index contributed by atoms with van der Waals surface area (Å²) in [6.07, 6.45) is 1.96. The van der Waals surface area contributed by atoms with Crippen molar-refractivity contribution in [3.63, 3.8) is 0 Å². The molecule has 1 amide bonds. The largest absolute Gasteiger partial charge is 0.393 e. The van der Waals surface area contributed by atoms with Crippen molar-refractivity contribution in [3.8, 4) is 0 Å². The first kappa shape index (κ1) is 12.4. The van der Waals surface area contributed by atoms with Gasteiger partial charge >= 0.3 is 0 Å². The van der Waals surface area contributed by atoms with Gasteiger partial charge in [0.25, 0.3) is 0 Å². The Labute approximate surface area is 85.1 Å². The molecule has 13 heavy (non-hydrogen) atoms. The molecule has 0 aromatic rings. The van der Waals surface area contributed by atoms with Crippen LogP contribution in [0.2, 0.25) is 0 Å². The summed E-state index contributed by atoms with van der Waals surface area (Å²) in [7, 11) is 0. The predicted octanol–water partition coefficient (Wildman–Crippen LogP) is 1.36. The van der Waals surface area contributed by atoms with Crippen molar-refractivity contribution in [2.75, 3.05) is 0 Å². The Kier molecular flexibility index (Phi) is 4.91. The molecular weight excluding hydrogens is 184 g/mol. The Bertz CT molecular complexity index is 200. The first-order valence-electron chi connectivity index (χ1n) is 4.53. The minimum Gasteiger partial charge on any atom is -0.393 e. The lowest BCUT2D eigenvalue weighted by Gasteiger charge is -2.28. The van der Waals surface area contributed by atoms with Gasteiger partial charge in [-0.1, -0.05) is 26.1 Å². The molecule has 0 saturated heterocycles. The molecule has 0 aliphatic heterocycles. The highest BCUT2D eigenvalue weighted by Gasteiger charge is 2.21. The van der Waals surface area contributed by atoms with Crippen LogP contribution >= 0.6 is 12.2 Å². The van der Waals surface area contributed by atoms with Crippen LogP contribution in [0.1, 0.15) is 40.0 Å². The van der Waals surface area contributed by atoms with E-state index in [-0.39, 0.29) is 22.9 Å². The van der Waals surface area contributed by atoms with Crippen LogP contribution in [0.25, 0.3) is 0 Å². The number of hydrogen-bond acceptors (Lipinski definition) is 2. The Morgan fingerprint density at radius 3 is 2.23 bits per heavy atom. The topological polar surface area (TPSA) is 55.1 Å². The fraction of sp³-hybridized carbons (Fsp3) is 0.778. The fourth-order valence-electron chi connectivity index (χ4n) is 0.966. The molecule has 0 heterocycles. The number of nitrogens with one attached hydrogen (secondary N) is 1. The average molecular weight is 202 g/mol. The zero-order chi connectivity index (χ0) is 10.5. The van der Waals surface area contributed by atoms with Gasteiger partial charge in [0.2, 0.25) is 5.91 Å². The van der Waals surface area contributed by atoms with Gasteiger partial charge in [-0.15, -0.1) is 0 Å². The van der Waals surface area contributed by atoms with E-state index in [1.165, 1.54) is 0 Å². The van der Waals surface area contributed by atoms with E-state index in [4.69, 9.17) is 5.73 Å². The van der Waals surface area contributed by atoms with Gasteiger partial charge in [-0.25, -0.2) is 0 Å². The minimum absolute atomic E-state index is 0.0845. The molecule has 0 atom stereocenters. The zero-order valence-electron chi connectivity index (χ0n) is 8.52. The number of carbonyl (C=O) groups excluding carboxylic acids is 1. The summed E-state index contributed by atoms with van der Waals surface area (Å²) >= 11 is 4.65. The molecule has 0 aromatic carbocycles. The van der Waals surface area contributed by atoms with E-state index in [1.54, 1.807) is 0 Å². The van der Waals surface area contributed by atoms with Crippen LogP contribution in [0.4, 0.5) is 0 Å². The maximum absolute atomic E-state index is 11.3. The molecule has 0 saturated carbocycles. The maximum Gasteiger partial charge on any atom is 0.227 e. The summed E-state index contributed by atoms with van der Waals surface area (Å²) in [5.41, 5.74) is 5.14. The summed E-state index contributed by atoms with van der Waals surface area (Å²) < 4.78 is 0. The molecule has 0 aliphatic carbocycles. The fourth-order valence-corrected chi connectivity index (χ4v) is 1.10. The highest BCUT2D eigenvalue weighted by Crippen LogP contribution is 2.13. The first-order valence-corrected chi connectivity index (χ1v) is 4.93. The van der Waals surface area contributed by atoms with Crippen molar-refractivity contribution in [3.05, 3.63) is 0 Å². The van der Waals surface area contributed by atoms with Crippen LogP contribution in [0.3, 0.4) is 0 Å². The number of nitrogens with two attached hydrogens (primary N) is 1. The summed E-state index contributed by atoms with van der Waals surface area (Å²) in [6, 6.07) is 0. The van der Waals surface area contributed by atoms with Gasteiger partial charge in [-0.2, -0.15) is 0 Å². The second-order valence-corrected chi connectivity index (χ2v) is 3.98. The number of thiocarbonyl (C=S) groups is 1. The standard InChI is InChI=1S/C9H18N2OS/c1-4-9(3,5-2)11-8(12)6-7(10)13/h4-6H2,1-3H3,(H2,10,13)(H,11,12). The summed E-state index contributed by atoms with van der Waals surface area (Å²) in [5.74, 6) is -0.0845. The maximum atomic E-state index is 11.3. The van der Waals surface area contributed by atoms with Crippen molar-refractivity contribution in [2.24, 2.45) is 5.73 Å². The molecule has 76 valence electrons. The Balaban J connectivity index is 4.09. The van der Waals surface area contributed by atoms with Gasteiger partial charge < -0.3 is 11.1 Å². The van der Waals surface area contributed by atoms with Crippen molar-refractivity contribution in [1.82, 2.24) is 5.32 Å². The van der Waals surface area contributed by atoms with E-state index in [0.717, 1.165) is 12.8 Å². The van der Waals surface area contributed by atoms with Crippen LogP contribution in [-0.4, -0.2) is 16.4 Å². The normalized spacial score (nSPS) is 11.0. The third-order valence-corrected chi connectivity index (χ3v) is 2.48. The lowest BCUT2D eigenvalue weighted by atomic mass is 9.95. The molecule has 4 heteroatoms. The second kappa shape index (κ2) is 5.17. The molecule has 0 radical (unpaired) electrons. The molecule has 3 nitrogen and oxygen atoms in total. The molecule has 0 unspecified atom stereocenters. The molecule has 0 fully saturated rings. The average Bonchev–Trinajstić information content (AvgIpc) is 2.02. The highest BCUT2D eigenvalue weighted by atomic mass is 32.1. The quantitative estimate of drug-likeness (QED) is 0.662. The second-order valence-electron chi connectivity index (χ2n) is 3.46. The SMILES string of the molecule is CCC(C)(CC)NC(=O)CC(N)=S. The van der Waals surface area contributed by atoms with Crippen molar-refractivity contribution in [2.45, 2.75) is 45.6 Å². The molecule has 0 aliphatic rings. The van der Waals surface area contributed by atoms with E-state index in [0.29, 0.717) is 0 Å². The van der Waals surface area contributed by atoms with E-state index in [2.05, 4.69) is 17.5 Å². The summed E-state index contributed by atoms with van der Waals surface area (Å²) in [4.78, 5) is 11.6. The molecule has 0 rings (SSSR count). The van der Waals surface area contributed by atoms with Crippen molar-refractivity contribution >= 4 is 23.1 Å². The van der Waals surface area contributed by atoms with Crippen LogP contribution in [0.15, 0.2) is 0 Å². The Hall–Kier alpha value is -0.640. The molecule has 0 spiro atoms. The summed E-state index contributed by atoms with van der Waals surface area (Å²) in [5, 5.41) is 2.92. The number of amides is 1. The van der Waals surface area contributed by atoms with E-state index < -0.39 is 0 Å². The first-order chi connectivity index (χ1) is 5.93. The number of carbonyl (C=O) groups is 1. The van der Waals surface area contributed by atoms with E-state index in [9.17, 15) is 4.79 Å². The zero-order valence-corrected chi connectivity index (χ0v) is 9.33. The van der Waals surface area contributed by atoms with Gasteiger partial charge in [-0.3, -0.25) is 4.79 Å². The highest BCUT2D eigenvalue weighted by molar-refractivity contribution is 7.80. The minimum atomic E-state index is -0.123. The van der Waals surface area contributed by atoms with E-state index >= 15 is 0 Å². The Morgan fingerprint density at radius 2 is 1.92 bits per heavy atom. The van der Waals surface area contributed by atoms with Crippen molar-refractivity contribution in [1.29, 1.82) is 0 Å². The van der Waals surface area contributed by atoms with Gasteiger partial charge in [0, 0.05) is 5.54 Å². The Morgan fingerprint density at radius 1 is 1.46 bits per heavy atom. The number of hydrogen-bond donors (Lipinski definition) is 2. The predicted molar refractivity (Wildman–Crippen MR) is 58.5 cm³/mol. The van der Waals surface area contributed by atoms with Crippen LogP contribution in [-0.2, 0) is 4.79 Å². The van der Waals surface area contributed by atoms with Crippen LogP contribution in [0.5, 0.6) is 0 Å². The molecule has 0 aromatic heterocycles. The van der Waals surface area contributed by atoms with Crippen LogP contribution in [0, 0.1) is 0 Å². The third kappa shape index (κ3) is 4.83. The van der Waals surface area contributed by atoms with Crippen molar-refractivity contribution < 1.29 is 4.79 Å².